The summed E-state index contributed by atoms with van der Waals surface area (Å²) in [6.45, 7) is 3.37. The normalized spacial score (nSPS) is 13.3. The van der Waals surface area contributed by atoms with Crippen LogP contribution in [0.1, 0.15) is 29.7 Å². The van der Waals surface area contributed by atoms with Crippen molar-refractivity contribution in [3.05, 3.63) is 47.3 Å². The Hall–Kier alpha value is -1.70. The maximum absolute atomic E-state index is 12.3. The number of hydrogen-bond donors (Lipinski definition) is 3. The lowest BCUT2D eigenvalue weighted by atomic mass is 10.1. The van der Waals surface area contributed by atoms with Gasteiger partial charge in [-0.1, -0.05) is 6.07 Å². The Balaban J connectivity index is 2.26. The average Bonchev–Trinajstić information content (AvgIpc) is 2.92. The fraction of sp³-hybridized carbons (Fsp3) is 0.308. The molecule has 0 spiro atoms. The standard InChI is InChI=1S/C13H17N3O3S/c1-9-3-4-13(5-11(9)8-17)20(18,19)16-10(2)12-6-14-15-7-12/h3-7,10,16-17H,8H2,1-2H3,(H,14,15). The highest BCUT2D eigenvalue weighted by Crippen LogP contribution is 2.18. The quantitative estimate of drug-likeness (QED) is 0.773. The third-order valence-electron chi connectivity index (χ3n) is 3.15. The minimum Gasteiger partial charge on any atom is -0.392 e. The Bertz CT molecular complexity index is 681. The van der Waals surface area contributed by atoms with E-state index in [4.69, 9.17) is 0 Å². The van der Waals surface area contributed by atoms with Crippen molar-refractivity contribution >= 4 is 10.0 Å². The Morgan fingerprint density at radius 2 is 2.20 bits per heavy atom. The second-order valence-corrected chi connectivity index (χ2v) is 6.33. The Morgan fingerprint density at radius 3 is 2.80 bits per heavy atom. The highest BCUT2D eigenvalue weighted by molar-refractivity contribution is 7.89. The molecule has 0 saturated carbocycles. The van der Waals surface area contributed by atoms with Crippen LogP contribution >= 0.6 is 0 Å². The lowest BCUT2D eigenvalue weighted by molar-refractivity contribution is 0.280. The molecule has 1 atom stereocenters. The van der Waals surface area contributed by atoms with Gasteiger partial charge in [0.1, 0.15) is 0 Å². The van der Waals surface area contributed by atoms with Crippen LogP contribution in [-0.2, 0) is 16.6 Å². The van der Waals surface area contributed by atoms with Crippen LogP contribution in [0, 0.1) is 6.92 Å². The molecular formula is C13H17N3O3S. The van der Waals surface area contributed by atoms with Gasteiger partial charge in [-0.25, -0.2) is 13.1 Å². The van der Waals surface area contributed by atoms with E-state index in [1.807, 2.05) is 6.92 Å². The van der Waals surface area contributed by atoms with E-state index >= 15 is 0 Å². The molecule has 2 rings (SSSR count). The Morgan fingerprint density at radius 1 is 1.45 bits per heavy atom. The van der Waals surface area contributed by atoms with E-state index < -0.39 is 16.1 Å². The van der Waals surface area contributed by atoms with Crippen molar-refractivity contribution in [2.45, 2.75) is 31.4 Å². The topological polar surface area (TPSA) is 95.1 Å². The van der Waals surface area contributed by atoms with Gasteiger partial charge in [0.05, 0.1) is 17.7 Å². The van der Waals surface area contributed by atoms with Crippen molar-refractivity contribution in [2.75, 3.05) is 0 Å². The van der Waals surface area contributed by atoms with E-state index in [0.29, 0.717) is 5.56 Å². The minimum absolute atomic E-state index is 0.141. The van der Waals surface area contributed by atoms with Crippen LogP contribution in [0.5, 0.6) is 0 Å². The average molecular weight is 295 g/mol. The number of sulfonamides is 1. The zero-order chi connectivity index (χ0) is 14.8. The number of benzene rings is 1. The molecular weight excluding hydrogens is 278 g/mol. The number of aliphatic hydroxyl groups excluding tert-OH is 1. The molecule has 1 aromatic carbocycles. The molecule has 108 valence electrons. The molecule has 0 aliphatic heterocycles. The molecule has 6 nitrogen and oxygen atoms in total. The van der Waals surface area contributed by atoms with E-state index in [1.165, 1.54) is 12.1 Å². The summed E-state index contributed by atoms with van der Waals surface area (Å²) in [5.41, 5.74) is 2.21. The van der Waals surface area contributed by atoms with Gasteiger partial charge in [-0.15, -0.1) is 0 Å². The number of aryl methyl sites for hydroxylation is 1. The number of H-pyrrole nitrogens is 1. The summed E-state index contributed by atoms with van der Waals surface area (Å²) >= 11 is 0. The van der Waals surface area contributed by atoms with Crippen molar-refractivity contribution in [3.8, 4) is 0 Å². The van der Waals surface area contributed by atoms with Crippen molar-refractivity contribution in [2.24, 2.45) is 0 Å². The van der Waals surface area contributed by atoms with Crippen molar-refractivity contribution in [3.63, 3.8) is 0 Å². The molecule has 2 aromatic rings. The number of aromatic nitrogens is 2. The monoisotopic (exact) mass is 295 g/mol. The molecule has 1 unspecified atom stereocenters. The first-order chi connectivity index (χ1) is 9.44. The number of nitrogens with zero attached hydrogens (tertiary/aromatic N) is 1. The van der Waals surface area contributed by atoms with Crippen molar-refractivity contribution in [1.82, 2.24) is 14.9 Å². The molecule has 0 amide bonds. The lowest BCUT2D eigenvalue weighted by Crippen LogP contribution is -2.26. The lowest BCUT2D eigenvalue weighted by Gasteiger charge is -2.13. The molecule has 0 aliphatic rings. The maximum Gasteiger partial charge on any atom is 0.241 e. The van der Waals surface area contributed by atoms with E-state index in [2.05, 4.69) is 14.9 Å². The number of aliphatic hydroxyl groups is 1. The van der Waals surface area contributed by atoms with E-state index in [9.17, 15) is 13.5 Å². The summed E-state index contributed by atoms with van der Waals surface area (Å²) in [6, 6.07) is 4.30. The van der Waals surface area contributed by atoms with Crippen LogP contribution in [-0.4, -0.2) is 23.7 Å². The van der Waals surface area contributed by atoms with Gasteiger partial charge < -0.3 is 5.11 Å². The maximum atomic E-state index is 12.3. The second kappa shape index (κ2) is 5.74. The third kappa shape index (κ3) is 3.06. The first kappa shape index (κ1) is 14.7. The van der Waals surface area contributed by atoms with E-state index in [0.717, 1.165) is 11.1 Å². The molecule has 0 fully saturated rings. The molecule has 20 heavy (non-hydrogen) atoms. The van der Waals surface area contributed by atoms with Gasteiger partial charge in [0.25, 0.3) is 0 Å². The molecule has 0 aliphatic carbocycles. The predicted octanol–water partition coefficient (Wildman–Crippen LogP) is 1.25. The Kier molecular flexibility index (Phi) is 4.22. The number of rotatable bonds is 5. The third-order valence-corrected chi connectivity index (χ3v) is 4.69. The smallest absolute Gasteiger partial charge is 0.241 e. The number of aromatic amines is 1. The summed E-state index contributed by atoms with van der Waals surface area (Å²) in [5.74, 6) is 0. The van der Waals surface area contributed by atoms with Crippen molar-refractivity contribution < 1.29 is 13.5 Å². The molecule has 1 heterocycles. The molecule has 0 bridgehead atoms. The van der Waals surface area contributed by atoms with Crippen LogP contribution in [0.4, 0.5) is 0 Å². The zero-order valence-corrected chi connectivity index (χ0v) is 12.1. The zero-order valence-electron chi connectivity index (χ0n) is 11.3. The van der Waals surface area contributed by atoms with Gasteiger partial charge in [-0.2, -0.15) is 5.10 Å². The fourth-order valence-electron chi connectivity index (χ4n) is 1.85. The van der Waals surface area contributed by atoms with Crippen LogP contribution in [0.15, 0.2) is 35.5 Å². The summed E-state index contributed by atoms with van der Waals surface area (Å²) in [6.07, 6.45) is 3.21. The van der Waals surface area contributed by atoms with Gasteiger partial charge in [0, 0.05) is 17.8 Å². The largest absolute Gasteiger partial charge is 0.392 e. The molecule has 7 heteroatoms. The van der Waals surface area contributed by atoms with Gasteiger partial charge in [0.15, 0.2) is 0 Å². The number of hydrogen-bond acceptors (Lipinski definition) is 4. The molecule has 0 saturated heterocycles. The highest BCUT2D eigenvalue weighted by atomic mass is 32.2. The van der Waals surface area contributed by atoms with Crippen molar-refractivity contribution in [1.29, 1.82) is 0 Å². The first-order valence-electron chi connectivity index (χ1n) is 6.15. The van der Waals surface area contributed by atoms with Gasteiger partial charge >= 0.3 is 0 Å². The highest BCUT2D eigenvalue weighted by Gasteiger charge is 2.19. The van der Waals surface area contributed by atoms with Gasteiger partial charge in [-0.05, 0) is 37.1 Å². The fourth-order valence-corrected chi connectivity index (χ4v) is 3.13. The van der Waals surface area contributed by atoms with Gasteiger partial charge in [-0.3, -0.25) is 5.10 Å². The van der Waals surface area contributed by atoms with Gasteiger partial charge in [0.2, 0.25) is 10.0 Å². The summed E-state index contributed by atoms with van der Waals surface area (Å²) in [5, 5.41) is 15.6. The SMILES string of the molecule is Cc1ccc(S(=O)(=O)NC(C)c2cn[nH]c2)cc1CO. The van der Waals surface area contributed by atoms with Crippen LogP contribution in [0.3, 0.4) is 0 Å². The second-order valence-electron chi connectivity index (χ2n) is 4.62. The van der Waals surface area contributed by atoms with Crippen LogP contribution in [0.2, 0.25) is 0 Å². The van der Waals surface area contributed by atoms with E-state index in [-0.39, 0.29) is 11.5 Å². The summed E-state index contributed by atoms with van der Waals surface area (Å²) in [4.78, 5) is 0.141. The minimum atomic E-state index is -3.64. The van der Waals surface area contributed by atoms with E-state index in [1.54, 1.807) is 25.4 Å². The van der Waals surface area contributed by atoms with Crippen LogP contribution < -0.4 is 4.72 Å². The van der Waals surface area contributed by atoms with Crippen LogP contribution in [0.25, 0.3) is 0 Å². The number of nitrogens with one attached hydrogen (secondary N) is 2. The predicted molar refractivity (Wildman–Crippen MR) is 74.4 cm³/mol. The Labute approximate surface area is 117 Å². The molecule has 1 aromatic heterocycles. The summed E-state index contributed by atoms with van der Waals surface area (Å²) < 4.78 is 27.2. The first-order valence-corrected chi connectivity index (χ1v) is 7.64. The molecule has 0 radical (unpaired) electrons. The molecule has 3 N–H and O–H groups in total. The summed E-state index contributed by atoms with van der Waals surface area (Å²) in [7, 11) is -3.64.